The van der Waals surface area contributed by atoms with Crippen molar-refractivity contribution < 1.29 is 4.74 Å². The molecule has 0 bridgehead atoms. The summed E-state index contributed by atoms with van der Waals surface area (Å²) in [5, 5.41) is 3.49. The van der Waals surface area contributed by atoms with Crippen LogP contribution in [0.3, 0.4) is 0 Å². The van der Waals surface area contributed by atoms with Crippen molar-refractivity contribution in [1.29, 1.82) is 0 Å². The predicted molar refractivity (Wildman–Crippen MR) is 73.5 cm³/mol. The van der Waals surface area contributed by atoms with E-state index in [1.165, 1.54) is 5.56 Å². The molecule has 0 aliphatic rings. The van der Waals surface area contributed by atoms with Crippen molar-refractivity contribution in [2.24, 2.45) is 5.92 Å². The van der Waals surface area contributed by atoms with Crippen LogP contribution in [0.1, 0.15) is 46.2 Å². The molecule has 2 nitrogen and oxygen atoms in total. The first kappa shape index (κ1) is 14.0. The molecule has 0 heterocycles. The lowest BCUT2D eigenvalue weighted by Crippen LogP contribution is -2.25. The smallest absolute Gasteiger partial charge is 0.119 e. The third kappa shape index (κ3) is 5.22. The second-order valence-corrected chi connectivity index (χ2v) is 5.32. The van der Waals surface area contributed by atoms with Gasteiger partial charge in [-0.25, -0.2) is 0 Å². The molecule has 2 heteroatoms. The average Bonchev–Trinajstić information content (AvgIpc) is 2.26. The molecule has 0 amide bonds. The summed E-state index contributed by atoms with van der Waals surface area (Å²) in [4.78, 5) is 0. The van der Waals surface area contributed by atoms with E-state index in [9.17, 15) is 0 Å². The SMILES string of the molecule is CC(C)COc1ccc([C@H](C)NC(C)C)cc1. The van der Waals surface area contributed by atoms with Crippen LogP contribution >= 0.6 is 0 Å². The van der Waals surface area contributed by atoms with E-state index in [0.29, 0.717) is 18.0 Å². The monoisotopic (exact) mass is 235 g/mol. The molecule has 0 fully saturated rings. The van der Waals surface area contributed by atoms with Gasteiger partial charge in [-0.3, -0.25) is 0 Å². The normalized spacial score (nSPS) is 13.1. The molecule has 0 radical (unpaired) electrons. The van der Waals surface area contributed by atoms with Crippen LogP contribution < -0.4 is 10.1 Å². The van der Waals surface area contributed by atoms with Gasteiger partial charge in [0, 0.05) is 12.1 Å². The van der Waals surface area contributed by atoms with Gasteiger partial charge in [0.1, 0.15) is 5.75 Å². The lowest BCUT2D eigenvalue weighted by Gasteiger charge is -2.17. The highest BCUT2D eigenvalue weighted by Crippen LogP contribution is 2.18. The molecular formula is C15H25NO. The van der Waals surface area contributed by atoms with Gasteiger partial charge < -0.3 is 10.1 Å². The second-order valence-electron chi connectivity index (χ2n) is 5.32. The molecule has 0 aromatic heterocycles. The summed E-state index contributed by atoms with van der Waals surface area (Å²) in [5.41, 5.74) is 1.30. The van der Waals surface area contributed by atoms with Crippen molar-refractivity contribution >= 4 is 0 Å². The van der Waals surface area contributed by atoms with Gasteiger partial charge in [-0.15, -0.1) is 0 Å². The number of ether oxygens (including phenoxy) is 1. The number of hydrogen-bond donors (Lipinski definition) is 1. The van der Waals surface area contributed by atoms with Crippen molar-refractivity contribution in [3.05, 3.63) is 29.8 Å². The number of rotatable bonds is 6. The fourth-order valence-corrected chi connectivity index (χ4v) is 1.71. The van der Waals surface area contributed by atoms with E-state index < -0.39 is 0 Å². The highest BCUT2D eigenvalue weighted by atomic mass is 16.5. The predicted octanol–water partition coefficient (Wildman–Crippen LogP) is 3.78. The highest BCUT2D eigenvalue weighted by molar-refractivity contribution is 5.29. The topological polar surface area (TPSA) is 21.3 Å². The molecule has 1 atom stereocenters. The zero-order valence-electron chi connectivity index (χ0n) is 11.7. The van der Waals surface area contributed by atoms with Gasteiger partial charge in [0.25, 0.3) is 0 Å². The van der Waals surface area contributed by atoms with Crippen molar-refractivity contribution in [3.8, 4) is 5.75 Å². The van der Waals surface area contributed by atoms with Crippen molar-refractivity contribution in [3.63, 3.8) is 0 Å². The summed E-state index contributed by atoms with van der Waals surface area (Å²) < 4.78 is 5.66. The molecule has 1 aromatic carbocycles. The Kier molecular flexibility index (Phi) is 5.49. The minimum absolute atomic E-state index is 0.383. The lowest BCUT2D eigenvalue weighted by molar-refractivity contribution is 0.271. The molecule has 96 valence electrons. The Bertz CT molecular complexity index is 316. The molecule has 1 N–H and O–H groups in total. The summed E-state index contributed by atoms with van der Waals surface area (Å²) in [6, 6.07) is 9.26. The second kappa shape index (κ2) is 6.65. The third-order valence-electron chi connectivity index (χ3n) is 2.55. The molecule has 0 saturated heterocycles. The Labute approximate surface area is 105 Å². The van der Waals surface area contributed by atoms with E-state index in [0.717, 1.165) is 12.4 Å². The van der Waals surface area contributed by atoms with Gasteiger partial charge in [0.05, 0.1) is 6.61 Å². The zero-order chi connectivity index (χ0) is 12.8. The fraction of sp³-hybridized carbons (Fsp3) is 0.600. The van der Waals surface area contributed by atoms with Crippen LogP contribution in [0.25, 0.3) is 0 Å². The zero-order valence-corrected chi connectivity index (χ0v) is 11.7. The van der Waals surface area contributed by atoms with Gasteiger partial charge in [-0.1, -0.05) is 39.8 Å². The summed E-state index contributed by atoms with van der Waals surface area (Å²) in [5.74, 6) is 1.52. The van der Waals surface area contributed by atoms with E-state index in [1.807, 2.05) is 0 Å². The van der Waals surface area contributed by atoms with Crippen LogP contribution in [0, 0.1) is 5.92 Å². The molecule has 0 saturated carbocycles. The van der Waals surface area contributed by atoms with Crippen molar-refractivity contribution in [1.82, 2.24) is 5.32 Å². The van der Waals surface area contributed by atoms with Gasteiger partial charge in [0.2, 0.25) is 0 Å². The summed E-state index contributed by atoms with van der Waals surface area (Å²) in [7, 11) is 0. The molecule has 0 aliphatic heterocycles. The maximum atomic E-state index is 5.66. The van der Waals surface area contributed by atoms with Gasteiger partial charge in [-0.05, 0) is 30.5 Å². The Morgan fingerprint density at radius 1 is 1.00 bits per heavy atom. The van der Waals surface area contributed by atoms with Crippen LogP contribution in [0.4, 0.5) is 0 Å². The minimum atomic E-state index is 0.383. The molecular weight excluding hydrogens is 210 g/mol. The highest BCUT2D eigenvalue weighted by Gasteiger charge is 2.06. The lowest BCUT2D eigenvalue weighted by atomic mass is 10.1. The van der Waals surface area contributed by atoms with Gasteiger partial charge >= 0.3 is 0 Å². The average molecular weight is 235 g/mol. The first-order valence-electron chi connectivity index (χ1n) is 6.48. The van der Waals surface area contributed by atoms with Crippen LogP contribution in [-0.2, 0) is 0 Å². The van der Waals surface area contributed by atoms with E-state index in [4.69, 9.17) is 4.74 Å². The number of benzene rings is 1. The maximum Gasteiger partial charge on any atom is 0.119 e. The molecule has 1 rings (SSSR count). The quantitative estimate of drug-likeness (QED) is 0.810. The fourth-order valence-electron chi connectivity index (χ4n) is 1.71. The van der Waals surface area contributed by atoms with Gasteiger partial charge in [-0.2, -0.15) is 0 Å². The maximum absolute atomic E-state index is 5.66. The summed E-state index contributed by atoms with van der Waals surface area (Å²) in [6.07, 6.45) is 0. The Morgan fingerprint density at radius 2 is 1.59 bits per heavy atom. The van der Waals surface area contributed by atoms with E-state index >= 15 is 0 Å². The van der Waals surface area contributed by atoms with E-state index in [1.54, 1.807) is 0 Å². The van der Waals surface area contributed by atoms with Crippen LogP contribution in [0.5, 0.6) is 5.75 Å². The first-order valence-corrected chi connectivity index (χ1v) is 6.48. The van der Waals surface area contributed by atoms with Crippen LogP contribution in [0.2, 0.25) is 0 Å². The Balaban J connectivity index is 2.55. The van der Waals surface area contributed by atoms with E-state index in [-0.39, 0.29) is 0 Å². The minimum Gasteiger partial charge on any atom is -0.493 e. The molecule has 0 aliphatic carbocycles. The Morgan fingerprint density at radius 3 is 2.06 bits per heavy atom. The standard InChI is InChI=1S/C15H25NO/c1-11(2)10-17-15-8-6-14(7-9-15)13(5)16-12(3)4/h6-9,11-13,16H,10H2,1-5H3/t13-/m0/s1. The number of hydrogen-bond acceptors (Lipinski definition) is 2. The Hall–Kier alpha value is -1.02. The van der Waals surface area contributed by atoms with Crippen molar-refractivity contribution in [2.75, 3.05) is 6.61 Å². The van der Waals surface area contributed by atoms with Gasteiger partial charge in [0.15, 0.2) is 0 Å². The third-order valence-corrected chi connectivity index (χ3v) is 2.55. The summed E-state index contributed by atoms with van der Waals surface area (Å²) in [6.45, 7) is 11.6. The first-order chi connectivity index (χ1) is 7.99. The largest absolute Gasteiger partial charge is 0.493 e. The summed E-state index contributed by atoms with van der Waals surface area (Å²) >= 11 is 0. The van der Waals surface area contributed by atoms with Crippen LogP contribution in [0.15, 0.2) is 24.3 Å². The van der Waals surface area contributed by atoms with E-state index in [2.05, 4.69) is 64.2 Å². The molecule has 0 spiro atoms. The number of nitrogens with one attached hydrogen (secondary N) is 1. The van der Waals surface area contributed by atoms with Crippen LogP contribution in [-0.4, -0.2) is 12.6 Å². The molecule has 1 aromatic rings. The van der Waals surface area contributed by atoms with Crippen molar-refractivity contribution in [2.45, 2.75) is 46.7 Å². The molecule has 0 unspecified atom stereocenters. The molecule has 17 heavy (non-hydrogen) atoms.